The second-order valence-corrected chi connectivity index (χ2v) is 5.09. The number of rotatable bonds is 4. The molecule has 0 radical (unpaired) electrons. The van der Waals surface area contributed by atoms with Gasteiger partial charge in [0.1, 0.15) is 5.75 Å². The summed E-state index contributed by atoms with van der Waals surface area (Å²) in [5.41, 5.74) is 3.13. The summed E-state index contributed by atoms with van der Waals surface area (Å²) >= 11 is 5.83. The smallest absolute Gasteiger partial charge is 0.219 e. The van der Waals surface area contributed by atoms with Crippen molar-refractivity contribution in [1.29, 1.82) is 0 Å². The van der Waals surface area contributed by atoms with Crippen molar-refractivity contribution >= 4 is 11.6 Å². The molecule has 3 heteroatoms. The van der Waals surface area contributed by atoms with Crippen molar-refractivity contribution in [1.82, 2.24) is 4.98 Å². The topological polar surface area (TPSA) is 22.1 Å². The lowest BCUT2D eigenvalue weighted by atomic mass is 10.0. The predicted molar refractivity (Wildman–Crippen MR) is 79.1 cm³/mol. The van der Waals surface area contributed by atoms with E-state index in [0.29, 0.717) is 17.7 Å². The van der Waals surface area contributed by atoms with Gasteiger partial charge in [-0.1, -0.05) is 38.1 Å². The van der Waals surface area contributed by atoms with Crippen LogP contribution in [0.2, 0.25) is 0 Å². The Kier molecular flexibility index (Phi) is 4.43. The molecule has 0 bridgehead atoms. The number of pyridine rings is 1. The van der Waals surface area contributed by atoms with Crippen molar-refractivity contribution in [3.63, 3.8) is 0 Å². The van der Waals surface area contributed by atoms with Gasteiger partial charge in [0.25, 0.3) is 0 Å². The predicted octanol–water partition coefficient (Wildman–Crippen LogP) is 5.04. The molecule has 2 rings (SSSR count). The van der Waals surface area contributed by atoms with Crippen LogP contribution in [0.1, 0.15) is 36.6 Å². The molecule has 0 aliphatic carbocycles. The number of aromatic nitrogens is 1. The number of hydrogen-bond acceptors (Lipinski definition) is 2. The van der Waals surface area contributed by atoms with E-state index in [9.17, 15) is 0 Å². The maximum absolute atomic E-state index is 5.90. The van der Waals surface area contributed by atoms with Crippen LogP contribution < -0.4 is 4.74 Å². The van der Waals surface area contributed by atoms with Crippen LogP contribution in [-0.2, 0) is 5.88 Å². The summed E-state index contributed by atoms with van der Waals surface area (Å²) in [6, 6.07) is 11.9. The third-order valence-electron chi connectivity index (χ3n) is 3.07. The Labute approximate surface area is 119 Å². The first kappa shape index (κ1) is 13.9. The summed E-state index contributed by atoms with van der Waals surface area (Å²) in [5.74, 6) is 2.36. The van der Waals surface area contributed by atoms with Gasteiger partial charge in [-0.25, -0.2) is 4.98 Å². The van der Waals surface area contributed by atoms with Gasteiger partial charge >= 0.3 is 0 Å². The van der Waals surface area contributed by atoms with E-state index in [1.165, 1.54) is 5.56 Å². The summed E-state index contributed by atoms with van der Waals surface area (Å²) < 4.78 is 5.90. The number of benzene rings is 1. The number of ether oxygens (including phenoxy) is 1. The highest BCUT2D eigenvalue weighted by Crippen LogP contribution is 2.29. The molecule has 0 aliphatic heterocycles. The van der Waals surface area contributed by atoms with E-state index in [2.05, 4.69) is 24.9 Å². The van der Waals surface area contributed by atoms with Gasteiger partial charge in [0.05, 0.1) is 0 Å². The Hall–Kier alpha value is -1.54. The van der Waals surface area contributed by atoms with Crippen molar-refractivity contribution in [2.75, 3.05) is 0 Å². The lowest BCUT2D eigenvalue weighted by Crippen LogP contribution is -1.97. The van der Waals surface area contributed by atoms with Crippen molar-refractivity contribution in [2.45, 2.75) is 32.6 Å². The Morgan fingerprint density at radius 1 is 1.16 bits per heavy atom. The Bertz CT molecular complexity index is 566. The van der Waals surface area contributed by atoms with Crippen LogP contribution in [0.5, 0.6) is 11.6 Å². The SMILES string of the molecule is Cc1nc(Oc2ccccc2C(C)C)ccc1CCl. The van der Waals surface area contributed by atoms with Crippen LogP contribution in [0.4, 0.5) is 0 Å². The molecule has 0 saturated heterocycles. The number of halogens is 1. The molecule has 2 aromatic rings. The van der Waals surface area contributed by atoms with Crippen molar-refractivity contribution in [2.24, 2.45) is 0 Å². The van der Waals surface area contributed by atoms with Crippen LogP contribution >= 0.6 is 11.6 Å². The van der Waals surface area contributed by atoms with E-state index in [0.717, 1.165) is 17.0 Å². The minimum absolute atomic E-state index is 0.416. The molecule has 0 amide bonds. The summed E-state index contributed by atoms with van der Waals surface area (Å²) in [7, 11) is 0. The maximum Gasteiger partial charge on any atom is 0.219 e. The average Bonchev–Trinajstić information content (AvgIpc) is 2.39. The first-order chi connectivity index (χ1) is 9.11. The van der Waals surface area contributed by atoms with Gasteiger partial charge < -0.3 is 4.74 Å². The highest BCUT2D eigenvalue weighted by atomic mass is 35.5. The van der Waals surface area contributed by atoms with Crippen LogP contribution in [0, 0.1) is 6.92 Å². The molecule has 0 aliphatic rings. The zero-order valence-electron chi connectivity index (χ0n) is 11.5. The monoisotopic (exact) mass is 275 g/mol. The summed E-state index contributed by atoms with van der Waals surface area (Å²) in [6.45, 7) is 6.24. The Morgan fingerprint density at radius 3 is 2.53 bits per heavy atom. The second-order valence-electron chi connectivity index (χ2n) is 4.82. The fourth-order valence-corrected chi connectivity index (χ4v) is 2.21. The first-order valence-corrected chi connectivity index (χ1v) is 6.94. The molecule has 0 fully saturated rings. The van der Waals surface area contributed by atoms with Gasteiger partial charge in [-0.05, 0) is 30.0 Å². The van der Waals surface area contributed by atoms with Gasteiger partial charge in [0.15, 0.2) is 0 Å². The molecule has 0 N–H and O–H groups in total. The van der Waals surface area contributed by atoms with E-state index < -0.39 is 0 Å². The minimum atomic E-state index is 0.416. The lowest BCUT2D eigenvalue weighted by Gasteiger charge is -2.13. The third kappa shape index (κ3) is 3.27. The van der Waals surface area contributed by atoms with Crippen molar-refractivity contribution in [3.05, 3.63) is 53.2 Å². The fraction of sp³-hybridized carbons (Fsp3) is 0.312. The van der Waals surface area contributed by atoms with E-state index in [1.807, 2.05) is 37.3 Å². The maximum atomic E-state index is 5.90. The number of para-hydroxylation sites is 1. The van der Waals surface area contributed by atoms with Gasteiger partial charge in [0.2, 0.25) is 5.88 Å². The molecular formula is C16H18ClNO. The zero-order chi connectivity index (χ0) is 13.8. The number of aryl methyl sites for hydroxylation is 1. The highest BCUT2D eigenvalue weighted by Gasteiger charge is 2.09. The molecule has 2 nitrogen and oxygen atoms in total. The fourth-order valence-electron chi connectivity index (χ4n) is 1.93. The van der Waals surface area contributed by atoms with Gasteiger partial charge in [-0.3, -0.25) is 0 Å². The molecule has 1 heterocycles. The van der Waals surface area contributed by atoms with Gasteiger partial charge in [-0.15, -0.1) is 11.6 Å². The van der Waals surface area contributed by atoms with Crippen LogP contribution in [-0.4, -0.2) is 4.98 Å². The molecule has 0 atom stereocenters. The molecule has 1 aromatic heterocycles. The molecular weight excluding hydrogens is 258 g/mol. The normalized spacial score (nSPS) is 10.8. The summed E-state index contributed by atoms with van der Waals surface area (Å²) in [4.78, 5) is 4.43. The van der Waals surface area contributed by atoms with Crippen LogP contribution in [0.3, 0.4) is 0 Å². The largest absolute Gasteiger partial charge is 0.439 e. The quantitative estimate of drug-likeness (QED) is 0.729. The van der Waals surface area contributed by atoms with Crippen LogP contribution in [0.15, 0.2) is 36.4 Å². The molecule has 100 valence electrons. The average molecular weight is 276 g/mol. The summed E-state index contributed by atoms with van der Waals surface area (Å²) in [6.07, 6.45) is 0. The Morgan fingerprint density at radius 2 is 1.89 bits per heavy atom. The molecule has 0 spiro atoms. The minimum Gasteiger partial charge on any atom is -0.439 e. The van der Waals surface area contributed by atoms with Crippen molar-refractivity contribution < 1.29 is 4.74 Å². The van der Waals surface area contributed by atoms with E-state index in [1.54, 1.807) is 0 Å². The highest BCUT2D eigenvalue weighted by molar-refractivity contribution is 6.17. The van der Waals surface area contributed by atoms with Gasteiger partial charge in [0, 0.05) is 17.6 Å². The number of hydrogen-bond donors (Lipinski definition) is 0. The van der Waals surface area contributed by atoms with E-state index in [4.69, 9.17) is 16.3 Å². The number of alkyl halides is 1. The Balaban J connectivity index is 2.29. The first-order valence-electron chi connectivity index (χ1n) is 6.41. The number of nitrogens with zero attached hydrogens (tertiary/aromatic N) is 1. The van der Waals surface area contributed by atoms with E-state index >= 15 is 0 Å². The summed E-state index contributed by atoms with van der Waals surface area (Å²) in [5, 5.41) is 0. The molecule has 19 heavy (non-hydrogen) atoms. The lowest BCUT2D eigenvalue weighted by molar-refractivity contribution is 0.453. The van der Waals surface area contributed by atoms with Crippen LogP contribution in [0.25, 0.3) is 0 Å². The second kappa shape index (κ2) is 6.07. The molecule has 1 aromatic carbocycles. The molecule has 0 saturated carbocycles. The molecule has 0 unspecified atom stereocenters. The van der Waals surface area contributed by atoms with Crippen molar-refractivity contribution in [3.8, 4) is 11.6 Å². The third-order valence-corrected chi connectivity index (χ3v) is 3.36. The van der Waals surface area contributed by atoms with Gasteiger partial charge in [-0.2, -0.15) is 0 Å². The zero-order valence-corrected chi connectivity index (χ0v) is 12.2. The standard InChI is InChI=1S/C16H18ClNO/c1-11(2)14-6-4-5-7-15(14)19-16-9-8-13(10-17)12(3)18-16/h4-9,11H,10H2,1-3H3. The van der Waals surface area contributed by atoms with E-state index in [-0.39, 0.29) is 0 Å².